The number of aryl methyl sites for hydroxylation is 2. The third-order valence-electron chi connectivity index (χ3n) is 9.09. The molecule has 2 aliphatic carbocycles. The van der Waals surface area contributed by atoms with Gasteiger partial charge in [-0.3, -0.25) is 0 Å². The van der Waals surface area contributed by atoms with E-state index in [1.54, 1.807) is 16.7 Å². The molecule has 0 atom stereocenters. The Balaban J connectivity index is 1.45. The lowest BCUT2D eigenvalue weighted by Gasteiger charge is -2.29. The molecule has 0 N–H and O–H groups in total. The lowest BCUT2D eigenvalue weighted by molar-refractivity contribution is -0.660. The summed E-state index contributed by atoms with van der Waals surface area (Å²) in [6.07, 6.45) is 14.1. The van der Waals surface area contributed by atoms with Crippen LogP contribution in [0.1, 0.15) is 73.1 Å². The molecule has 0 spiro atoms. The van der Waals surface area contributed by atoms with Crippen LogP contribution in [0.5, 0.6) is 0 Å². The fourth-order valence-electron chi connectivity index (χ4n) is 7.22. The van der Waals surface area contributed by atoms with Crippen molar-refractivity contribution in [2.24, 2.45) is 7.05 Å². The van der Waals surface area contributed by atoms with Gasteiger partial charge >= 0.3 is 0 Å². The predicted molar refractivity (Wildman–Crippen MR) is 153 cm³/mol. The van der Waals surface area contributed by atoms with Gasteiger partial charge in [-0.25, -0.2) is 4.57 Å². The Morgan fingerprint density at radius 1 is 0.703 bits per heavy atom. The third kappa shape index (κ3) is 3.72. The van der Waals surface area contributed by atoms with Crippen molar-refractivity contribution in [1.29, 1.82) is 0 Å². The molecule has 0 bridgehead atoms. The second-order valence-electron chi connectivity index (χ2n) is 11.3. The molecular formula is C35H36NO+. The van der Waals surface area contributed by atoms with Gasteiger partial charge in [0.2, 0.25) is 5.69 Å². The van der Waals surface area contributed by atoms with Crippen LogP contribution < -0.4 is 4.57 Å². The molecule has 0 amide bonds. The first-order valence-corrected chi connectivity index (χ1v) is 14.3. The van der Waals surface area contributed by atoms with E-state index in [-0.39, 0.29) is 0 Å². The van der Waals surface area contributed by atoms with Crippen molar-refractivity contribution in [1.82, 2.24) is 0 Å². The first kappa shape index (κ1) is 22.8. The molecule has 1 fully saturated rings. The predicted octanol–water partition coefficient (Wildman–Crippen LogP) is 8.98. The number of furan rings is 1. The Labute approximate surface area is 220 Å². The maximum atomic E-state index is 6.88. The van der Waals surface area contributed by atoms with Crippen molar-refractivity contribution in [3.05, 3.63) is 89.1 Å². The van der Waals surface area contributed by atoms with Gasteiger partial charge in [-0.1, -0.05) is 61.7 Å². The maximum absolute atomic E-state index is 6.88. The van der Waals surface area contributed by atoms with E-state index in [2.05, 4.69) is 85.4 Å². The van der Waals surface area contributed by atoms with Crippen LogP contribution in [0.4, 0.5) is 0 Å². The molecule has 0 unspecified atom stereocenters. The molecule has 0 saturated heterocycles. The Bertz CT molecular complexity index is 1630. The quantitative estimate of drug-likeness (QED) is 0.233. The van der Waals surface area contributed by atoms with Gasteiger partial charge in [0, 0.05) is 28.5 Å². The number of nitrogens with zero attached hydrogens (tertiary/aromatic N) is 1. The summed E-state index contributed by atoms with van der Waals surface area (Å²) in [5.41, 5.74) is 13.2. The summed E-state index contributed by atoms with van der Waals surface area (Å²) < 4.78 is 9.07. The van der Waals surface area contributed by atoms with Crippen LogP contribution in [0.3, 0.4) is 0 Å². The average Bonchev–Trinajstić information content (AvgIpc) is 3.32. The van der Waals surface area contributed by atoms with Crippen LogP contribution in [-0.2, 0) is 19.9 Å². The van der Waals surface area contributed by atoms with E-state index >= 15 is 0 Å². The Morgan fingerprint density at radius 3 is 2.35 bits per heavy atom. The minimum atomic E-state index is 0.758. The van der Waals surface area contributed by atoms with E-state index in [0.717, 1.165) is 17.1 Å². The Hall–Kier alpha value is -3.39. The highest BCUT2D eigenvalue weighted by Crippen LogP contribution is 2.44. The first-order chi connectivity index (χ1) is 18.2. The molecule has 0 aliphatic heterocycles. The zero-order chi connectivity index (χ0) is 24.9. The number of benzene rings is 3. The van der Waals surface area contributed by atoms with Crippen LogP contribution in [0, 0.1) is 6.92 Å². The van der Waals surface area contributed by atoms with E-state index in [9.17, 15) is 0 Å². The number of hydrogen-bond acceptors (Lipinski definition) is 1. The lowest BCUT2D eigenvalue weighted by atomic mass is 9.76. The van der Waals surface area contributed by atoms with Gasteiger partial charge in [0.15, 0.2) is 6.20 Å². The molecule has 7 rings (SSSR count). The van der Waals surface area contributed by atoms with Crippen LogP contribution in [0.15, 0.2) is 71.3 Å². The normalized spacial score (nSPS) is 16.4. The van der Waals surface area contributed by atoms with Crippen LogP contribution in [0.25, 0.3) is 44.3 Å². The lowest BCUT2D eigenvalue weighted by Crippen LogP contribution is -2.30. The standard InChI is InChI=1S/C35H36NO/c1-23-18-19-31-30-16-10-15-29(34(30)37-35(31)33(23)32-17-8-9-22-36(32)2)28-21-20-25(24-11-4-3-5-12-24)26-13-6-7-14-27(26)28/h8-10,15-22,24H,3-7,11-14H2,1-2H3/q+1. The minimum Gasteiger partial charge on any atom is -0.454 e. The molecule has 0 radical (unpaired) electrons. The number of para-hydroxylation sites is 1. The molecule has 2 aliphatic rings. The summed E-state index contributed by atoms with van der Waals surface area (Å²) in [7, 11) is 2.11. The highest BCUT2D eigenvalue weighted by molar-refractivity contribution is 6.13. The van der Waals surface area contributed by atoms with Gasteiger partial charge in [0.1, 0.15) is 18.2 Å². The summed E-state index contributed by atoms with van der Waals surface area (Å²) in [4.78, 5) is 0. The Morgan fingerprint density at radius 2 is 1.51 bits per heavy atom. The van der Waals surface area contributed by atoms with E-state index in [1.807, 2.05) is 0 Å². The fraction of sp³-hybridized carbons (Fsp3) is 0.343. The van der Waals surface area contributed by atoms with Gasteiger partial charge in [-0.2, -0.15) is 0 Å². The first-order valence-electron chi connectivity index (χ1n) is 14.3. The summed E-state index contributed by atoms with van der Waals surface area (Å²) in [6, 6.07) is 22.5. The van der Waals surface area contributed by atoms with Gasteiger partial charge in [-0.05, 0) is 85.3 Å². The van der Waals surface area contributed by atoms with Crippen LogP contribution in [0.2, 0.25) is 0 Å². The molecule has 186 valence electrons. The molecule has 2 heterocycles. The molecule has 2 heteroatoms. The topological polar surface area (TPSA) is 17.0 Å². The Kier molecular flexibility index (Phi) is 5.65. The van der Waals surface area contributed by atoms with Crippen molar-refractivity contribution >= 4 is 21.9 Å². The molecule has 2 aromatic heterocycles. The molecule has 5 aromatic rings. The maximum Gasteiger partial charge on any atom is 0.216 e. The molecule has 3 aromatic carbocycles. The van der Waals surface area contributed by atoms with E-state index < -0.39 is 0 Å². The SMILES string of the molecule is Cc1ccc2c(oc3c(-c4ccc(C5CCCCC5)c5c4CCCC5)cccc32)c1-c1cccc[n+]1C. The van der Waals surface area contributed by atoms with Gasteiger partial charge in [0.25, 0.3) is 0 Å². The molecule has 1 saturated carbocycles. The number of fused-ring (bicyclic) bond motifs is 4. The van der Waals surface area contributed by atoms with Crippen molar-refractivity contribution < 1.29 is 8.98 Å². The van der Waals surface area contributed by atoms with Gasteiger partial charge in [-0.15, -0.1) is 0 Å². The summed E-state index contributed by atoms with van der Waals surface area (Å²) in [5, 5.41) is 2.42. The highest BCUT2D eigenvalue weighted by Gasteiger charge is 2.26. The van der Waals surface area contributed by atoms with Crippen LogP contribution >= 0.6 is 0 Å². The van der Waals surface area contributed by atoms with E-state index in [4.69, 9.17) is 4.42 Å². The van der Waals surface area contributed by atoms with Gasteiger partial charge in [0.05, 0.1) is 5.56 Å². The molecular weight excluding hydrogens is 450 g/mol. The van der Waals surface area contributed by atoms with Crippen LogP contribution in [-0.4, -0.2) is 0 Å². The van der Waals surface area contributed by atoms with Crippen molar-refractivity contribution in [3.8, 4) is 22.4 Å². The zero-order valence-corrected chi connectivity index (χ0v) is 22.1. The highest BCUT2D eigenvalue weighted by atomic mass is 16.3. The summed E-state index contributed by atoms with van der Waals surface area (Å²) in [6.45, 7) is 2.19. The molecule has 37 heavy (non-hydrogen) atoms. The number of aromatic nitrogens is 1. The van der Waals surface area contributed by atoms with E-state index in [0.29, 0.717) is 0 Å². The number of hydrogen-bond donors (Lipinski definition) is 0. The van der Waals surface area contributed by atoms with Gasteiger partial charge < -0.3 is 4.42 Å². The smallest absolute Gasteiger partial charge is 0.216 e. The number of pyridine rings is 1. The average molecular weight is 487 g/mol. The summed E-state index contributed by atoms with van der Waals surface area (Å²) >= 11 is 0. The minimum absolute atomic E-state index is 0.758. The fourth-order valence-corrected chi connectivity index (χ4v) is 7.22. The zero-order valence-electron chi connectivity index (χ0n) is 22.1. The van der Waals surface area contributed by atoms with E-state index in [1.165, 1.54) is 96.5 Å². The second-order valence-corrected chi connectivity index (χ2v) is 11.3. The van der Waals surface area contributed by atoms with Crippen molar-refractivity contribution in [2.75, 3.05) is 0 Å². The van der Waals surface area contributed by atoms with Crippen molar-refractivity contribution in [2.45, 2.75) is 70.6 Å². The monoisotopic (exact) mass is 486 g/mol. The number of rotatable bonds is 3. The molecule has 2 nitrogen and oxygen atoms in total. The third-order valence-corrected chi connectivity index (χ3v) is 9.09. The second kappa shape index (κ2) is 9.17. The summed E-state index contributed by atoms with van der Waals surface area (Å²) in [5.74, 6) is 0.758. The van der Waals surface area contributed by atoms with Crippen molar-refractivity contribution in [3.63, 3.8) is 0 Å². The largest absolute Gasteiger partial charge is 0.454 e.